The van der Waals surface area contributed by atoms with Gasteiger partial charge < -0.3 is 14.5 Å². The second kappa shape index (κ2) is 6.92. The molecule has 1 N–H and O–H groups in total. The molecule has 2 aromatic rings. The number of carboxylic acid groups (broad SMARTS) is 1. The first-order valence-electron chi connectivity index (χ1n) is 12.9. The standard InChI is InChI=1S/C27H30FN3O4/c28-27-13-26(14-27,15-27)22(32)31(16-24-6-9-25(10-7-24,11-8-24)23(33)34)19-3-1-2-18(12-19)21-29-20(30-35-21)17-4-5-17/h1-3,12,17H,4-11,13-16H2,(H,33,34). The SMILES string of the molecule is O=C(O)C12CCC(CN(C(=O)C34CC(F)(C3)C4)c3cccc(-c4nc(C5CC5)no4)c3)(CC1)CC2. The van der Waals surface area contributed by atoms with Crippen LogP contribution in [0, 0.1) is 16.2 Å². The van der Waals surface area contributed by atoms with E-state index in [-0.39, 0.29) is 11.3 Å². The summed E-state index contributed by atoms with van der Waals surface area (Å²) in [6, 6.07) is 7.68. The van der Waals surface area contributed by atoms with Crippen LogP contribution < -0.4 is 4.90 Å². The maximum atomic E-state index is 14.4. The third-order valence-corrected chi connectivity index (χ3v) is 9.80. The van der Waals surface area contributed by atoms with Gasteiger partial charge >= 0.3 is 5.97 Å². The summed E-state index contributed by atoms with van der Waals surface area (Å²) in [4.78, 5) is 32.3. The number of hydrogen-bond acceptors (Lipinski definition) is 5. The molecular weight excluding hydrogens is 449 g/mol. The minimum atomic E-state index is -1.15. The maximum absolute atomic E-state index is 14.4. The van der Waals surface area contributed by atoms with E-state index >= 15 is 0 Å². The van der Waals surface area contributed by atoms with Gasteiger partial charge in [0.1, 0.15) is 5.67 Å². The van der Waals surface area contributed by atoms with E-state index in [0.717, 1.165) is 49.2 Å². The molecule has 35 heavy (non-hydrogen) atoms. The molecule has 7 nitrogen and oxygen atoms in total. The lowest BCUT2D eigenvalue weighted by Crippen LogP contribution is -2.71. The molecule has 7 fully saturated rings. The second-order valence-corrected chi connectivity index (χ2v) is 12.2. The Balaban J connectivity index is 1.20. The summed E-state index contributed by atoms with van der Waals surface area (Å²) in [6.45, 7) is 0.545. The molecule has 0 saturated heterocycles. The second-order valence-electron chi connectivity index (χ2n) is 12.2. The van der Waals surface area contributed by atoms with Crippen LogP contribution in [-0.4, -0.2) is 39.3 Å². The molecule has 1 aromatic carbocycles. The van der Waals surface area contributed by atoms with Crippen molar-refractivity contribution in [2.45, 2.75) is 82.2 Å². The first kappa shape index (κ1) is 21.5. The van der Waals surface area contributed by atoms with Crippen LogP contribution in [-0.2, 0) is 9.59 Å². The highest BCUT2D eigenvalue weighted by molar-refractivity contribution is 6.00. The van der Waals surface area contributed by atoms with Gasteiger partial charge in [0.2, 0.25) is 5.91 Å². The van der Waals surface area contributed by atoms with E-state index in [4.69, 9.17) is 4.52 Å². The predicted octanol–water partition coefficient (Wildman–Crippen LogP) is 5.26. The van der Waals surface area contributed by atoms with Crippen molar-refractivity contribution >= 4 is 17.6 Å². The summed E-state index contributed by atoms with van der Waals surface area (Å²) in [5.74, 6) is 0.910. The van der Waals surface area contributed by atoms with Crippen LogP contribution in [0.4, 0.5) is 10.1 Å². The van der Waals surface area contributed by atoms with Gasteiger partial charge in [-0.1, -0.05) is 11.2 Å². The van der Waals surface area contributed by atoms with Crippen LogP contribution in [0.3, 0.4) is 0 Å². The van der Waals surface area contributed by atoms with Gasteiger partial charge in [0, 0.05) is 23.7 Å². The summed E-state index contributed by atoms with van der Waals surface area (Å²) in [5, 5.41) is 13.9. The van der Waals surface area contributed by atoms with Crippen molar-refractivity contribution in [2.75, 3.05) is 11.4 Å². The molecular formula is C27H30FN3O4. The number of aliphatic carboxylic acids is 1. The van der Waals surface area contributed by atoms with Crippen LogP contribution in [0.5, 0.6) is 0 Å². The molecule has 0 spiro atoms. The van der Waals surface area contributed by atoms with Gasteiger partial charge in [0.05, 0.1) is 10.8 Å². The summed E-state index contributed by atoms with van der Waals surface area (Å²) < 4.78 is 19.9. The summed E-state index contributed by atoms with van der Waals surface area (Å²) in [7, 11) is 0. The molecule has 9 rings (SSSR count). The molecule has 7 aliphatic rings. The van der Waals surface area contributed by atoms with E-state index in [0.29, 0.717) is 56.9 Å². The number of rotatable bonds is 7. The van der Waals surface area contributed by atoms with E-state index < -0.39 is 22.5 Å². The molecule has 0 radical (unpaired) electrons. The van der Waals surface area contributed by atoms with Crippen molar-refractivity contribution in [1.29, 1.82) is 0 Å². The normalized spacial score (nSPS) is 36.8. The number of nitrogens with zero attached hydrogens (tertiary/aromatic N) is 3. The van der Waals surface area contributed by atoms with Crippen molar-refractivity contribution in [1.82, 2.24) is 10.1 Å². The number of anilines is 1. The zero-order valence-corrected chi connectivity index (χ0v) is 19.8. The Morgan fingerprint density at radius 2 is 1.74 bits per heavy atom. The Hall–Kier alpha value is -2.77. The van der Waals surface area contributed by atoms with E-state index in [9.17, 15) is 19.1 Å². The van der Waals surface area contributed by atoms with E-state index in [1.54, 1.807) is 0 Å². The van der Waals surface area contributed by atoms with E-state index in [2.05, 4.69) is 10.1 Å². The fourth-order valence-electron chi connectivity index (χ4n) is 7.28. The topological polar surface area (TPSA) is 96.5 Å². The van der Waals surface area contributed by atoms with Crippen LogP contribution >= 0.6 is 0 Å². The maximum Gasteiger partial charge on any atom is 0.309 e. The molecule has 4 bridgehead atoms. The quantitative estimate of drug-likeness (QED) is 0.582. The van der Waals surface area contributed by atoms with Crippen LogP contribution in [0.1, 0.15) is 82.4 Å². The molecule has 184 valence electrons. The molecule has 7 saturated carbocycles. The first-order valence-corrected chi connectivity index (χ1v) is 12.9. The fraction of sp³-hybridized carbons (Fsp3) is 0.630. The first-order chi connectivity index (χ1) is 16.7. The minimum Gasteiger partial charge on any atom is -0.481 e. The highest BCUT2D eigenvalue weighted by Gasteiger charge is 2.73. The lowest BCUT2D eigenvalue weighted by molar-refractivity contribution is -0.211. The number of carbonyl (C=O) groups is 2. The van der Waals surface area contributed by atoms with Crippen LogP contribution in [0.25, 0.3) is 11.5 Å². The Kier molecular flexibility index (Phi) is 4.25. The third-order valence-electron chi connectivity index (χ3n) is 9.80. The van der Waals surface area contributed by atoms with E-state index in [1.807, 2.05) is 29.2 Å². The lowest BCUT2D eigenvalue weighted by Gasteiger charge is -2.65. The largest absolute Gasteiger partial charge is 0.481 e. The Bertz CT molecular complexity index is 1190. The monoisotopic (exact) mass is 479 g/mol. The van der Waals surface area contributed by atoms with Gasteiger partial charge in [-0.2, -0.15) is 4.98 Å². The van der Waals surface area contributed by atoms with Crippen molar-refractivity contribution in [3.63, 3.8) is 0 Å². The van der Waals surface area contributed by atoms with Crippen molar-refractivity contribution in [3.8, 4) is 11.5 Å². The molecule has 0 unspecified atom stereocenters. The van der Waals surface area contributed by atoms with E-state index in [1.165, 1.54) is 0 Å². The summed E-state index contributed by atoms with van der Waals surface area (Å²) >= 11 is 0. The number of alkyl halides is 1. The number of amides is 1. The van der Waals surface area contributed by atoms with Gasteiger partial charge in [-0.05, 0) is 94.2 Å². The van der Waals surface area contributed by atoms with Gasteiger partial charge in [0.25, 0.3) is 5.89 Å². The number of carboxylic acids is 1. The smallest absolute Gasteiger partial charge is 0.309 e. The number of fused-ring (bicyclic) bond motifs is 3. The van der Waals surface area contributed by atoms with Gasteiger partial charge in [0.15, 0.2) is 5.82 Å². The van der Waals surface area contributed by atoms with Gasteiger partial charge in [-0.15, -0.1) is 0 Å². The van der Waals surface area contributed by atoms with Crippen molar-refractivity contribution in [2.24, 2.45) is 16.2 Å². The van der Waals surface area contributed by atoms with Gasteiger partial charge in [-0.25, -0.2) is 4.39 Å². The zero-order chi connectivity index (χ0) is 24.1. The molecule has 1 aromatic heterocycles. The van der Waals surface area contributed by atoms with Crippen LogP contribution in [0.2, 0.25) is 0 Å². The number of halogens is 1. The molecule has 7 aliphatic carbocycles. The number of carbonyl (C=O) groups excluding carboxylic acids is 1. The third kappa shape index (κ3) is 3.21. The number of benzene rings is 1. The van der Waals surface area contributed by atoms with Crippen LogP contribution in [0.15, 0.2) is 28.8 Å². The predicted molar refractivity (Wildman–Crippen MR) is 124 cm³/mol. The number of aromatic nitrogens is 2. The Morgan fingerprint density at radius 3 is 2.34 bits per heavy atom. The highest BCUT2D eigenvalue weighted by atomic mass is 19.1. The molecule has 8 heteroatoms. The Labute approximate surface area is 203 Å². The molecule has 0 aliphatic heterocycles. The van der Waals surface area contributed by atoms with Gasteiger partial charge in [-0.3, -0.25) is 9.59 Å². The summed E-state index contributed by atoms with van der Waals surface area (Å²) in [5.41, 5.74) is -0.883. The van der Waals surface area contributed by atoms with Crippen molar-refractivity contribution in [3.05, 3.63) is 30.1 Å². The molecule has 1 amide bonds. The number of hydrogen-bond donors (Lipinski definition) is 1. The minimum absolute atomic E-state index is 0.00777. The fourth-order valence-corrected chi connectivity index (χ4v) is 7.28. The average Bonchev–Trinajstić information content (AvgIpc) is 3.57. The summed E-state index contributed by atoms with van der Waals surface area (Å²) in [6.07, 6.45) is 7.52. The Morgan fingerprint density at radius 1 is 1.06 bits per heavy atom. The zero-order valence-electron chi connectivity index (χ0n) is 19.8. The molecule has 0 atom stereocenters. The molecule has 1 heterocycles. The lowest BCUT2D eigenvalue weighted by atomic mass is 9.41. The van der Waals surface area contributed by atoms with Crippen molar-refractivity contribution < 1.29 is 23.6 Å². The average molecular weight is 480 g/mol. The highest BCUT2D eigenvalue weighted by Crippen LogP contribution is 2.70.